The summed E-state index contributed by atoms with van der Waals surface area (Å²) >= 11 is 1.17. The van der Waals surface area contributed by atoms with Gasteiger partial charge in [0.15, 0.2) is 4.80 Å². The Hall–Kier alpha value is -2.02. The Kier molecular flexibility index (Phi) is 4.85. The molecule has 1 aromatic heterocycles. The molecule has 1 aromatic carbocycles. The highest BCUT2D eigenvalue weighted by molar-refractivity contribution is 7.16. The summed E-state index contributed by atoms with van der Waals surface area (Å²) in [5.74, 6) is -1.27. The third-order valence-electron chi connectivity index (χ3n) is 2.77. The molecule has 5 nitrogen and oxygen atoms in total. The minimum absolute atomic E-state index is 0.176. The van der Waals surface area contributed by atoms with Crippen LogP contribution in [0.25, 0.3) is 10.2 Å². The molecule has 0 radical (unpaired) electrons. The number of carbonyl (C=O) groups is 2. The largest absolute Gasteiger partial charge is 0.465 e. The first-order chi connectivity index (χ1) is 10.1. The van der Waals surface area contributed by atoms with E-state index in [1.807, 2.05) is 0 Å². The molecular weight excluding hydrogens is 295 g/mol. The van der Waals surface area contributed by atoms with Crippen LogP contribution in [0, 0.1) is 5.82 Å². The van der Waals surface area contributed by atoms with Crippen LogP contribution in [-0.4, -0.2) is 23.1 Å². The number of nitrogens with zero attached hydrogens (tertiary/aromatic N) is 2. The van der Waals surface area contributed by atoms with Gasteiger partial charge in [-0.2, -0.15) is 4.99 Å². The number of benzene rings is 1. The van der Waals surface area contributed by atoms with Gasteiger partial charge in [0.25, 0.3) is 0 Å². The second kappa shape index (κ2) is 6.62. The summed E-state index contributed by atoms with van der Waals surface area (Å²) in [5.41, 5.74) is 0.262. The molecule has 0 aliphatic heterocycles. The number of halogens is 1. The van der Waals surface area contributed by atoms with Crippen molar-refractivity contribution in [2.45, 2.75) is 26.8 Å². The van der Waals surface area contributed by atoms with Crippen LogP contribution in [0.3, 0.4) is 0 Å². The lowest BCUT2D eigenvalue weighted by Crippen LogP contribution is -2.23. The van der Waals surface area contributed by atoms with Crippen LogP contribution >= 0.6 is 11.3 Å². The van der Waals surface area contributed by atoms with Gasteiger partial charge in [-0.1, -0.05) is 24.3 Å². The maximum Gasteiger partial charge on any atom is 0.326 e. The van der Waals surface area contributed by atoms with E-state index in [9.17, 15) is 14.0 Å². The molecule has 0 unspecified atom stereocenters. The van der Waals surface area contributed by atoms with E-state index < -0.39 is 11.8 Å². The fraction of sp³-hybridized carbons (Fsp3) is 0.357. The maximum atomic E-state index is 14.0. The normalized spacial score (nSPS) is 11.9. The third-order valence-corrected chi connectivity index (χ3v) is 3.81. The number of aromatic nitrogens is 1. The molecule has 21 heavy (non-hydrogen) atoms. The van der Waals surface area contributed by atoms with Crippen LogP contribution in [0.2, 0.25) is 0 Å². The van der Waals surface area contributed by atoms with Gasteiger partial charge in [0.1, 0.15) is 12.4 Å². The Bertz CT molecular complexity index is 748. The number of amides is 1. The van der Waals surface area contributed by atoms with Crippen LogP contribution < -0.4 is 4.80 Å². The monoisotopic (exact) mass is 310 g/mol. The number of thiazole rings is 1. The molecular formula is C14H15FN2O3S. The van der Waals surface area contributed by atoms with Crippen molar-refractivity contribution in [1.29, 1.82) is 0 Å². The van der Waals surface area contributed by atoms with E-state index in [4.69, 9.17) is 4.74 Å². The van der Waals surface area contributed by atoms with Crippen molar-refractivity contribution in [2.75, 3.05) is 6.61 Å². The number of hydrogen-bond donors (Lipinski definition) is 0. The molecule has 1 heterocycles. The number of ether oxygens (including phenoxy) is 1. The molecule has 0 saturated heterocycles. The molecule has 2 rings (SSSR count). The van der Waals surface area contributed by atoms with Crippen molar-refractivity contribution < 1.29 is 18.7 Å². The smallest absolute Gasteiger partial charge is 0.326 e. The first-order valence-corrected chi connectivity index (χ1v) is 7.39. The first-order valence-electron chi connectivity index (χ1n) is 6.57. The molecule has 112 valence electrons. The number of fused-ring (bicyclic) bond motifs is 1. The predicted molar refractivity (Wildman–Crippen MR) is 77.3 cm³/mol. The lowest BCUT2D eigenvalue weighted by Gasteiger charge is -2.05. The van der Waals surface area contributed by atoms with Crippen LogP contribution in [0.4, 0.5) is 4.39 Å². The van der Waals surface area contributed by atoms with E-state index in [0.29, 0.717) is 9.50 Å². The number of rotatable bonds is 4. The maximum absolute atomic E-state index is 14.0. The Balaban J connectivity index is 2.62. The topological polar surface area (TPSA) is 60.7 Å². The molecule has 0 atom stereocenters. The van der Waals surface area contributed by atoms with Crippen LogP contribution in [0.15, 0.2) is 23.2 Å². The quantitative estimate of drug-likeness (QED) is 0.814. The summed E-state index contributed by atoms with van der Waals surface area (Å²) in [6.07, 6.45) is 0.246. The van der Waals surface area contributed by atoms with Gasteiger partial charge in [0.05, 0.1) is 16.8 Å². The predicted octanol–water partition coefficient (Wildman–Crippen LogP) is 2.24. The minimum Gasteiger partial charge on any atom is -0.465 e. The lowest BCUT2D eigenvalue weighted by atomic mass is 10.3. The van der Waals surface area contributed by atoms with Gasteiger partial charge in [0.2, 0.25) is 5.91 Å². The fourth-order valence-corrected chi connectivity index (χ4v) is 2.90. The highest BCUT2D eigenvalue weighted by Crippen LogP contribution is 2.20. The Morgan fingerprint density at radius 2 is 2.14 bits per heavy atom. The molecule has 2 aromatic rings. The summed E-state index contributed by atoms with van der Waals surface area (Å²) in [7, 11) is 0. The van der Waals surface area contributed by atoms with Gasteiger partial charge in [-0.15, -0.1) is 0 Å². The zero-order valence-electron chi connectivity index (χ0n) is 11.8. The van der Waals surface area contributed by atoms with Crippen molar-refractivity contribution in [2.24, 2.45) is 4.99 Å². The van der Waals surface area contributed by atoms with Crippen molar-refractivity contribution >= 4 is 33.4 Å². The summed E-state index contributed by atoms with van der Waals surface area (Å²) < 4.78 is 20.9. The molecule has 0 spiro atoms. The SMILES string of the molecule is CCOC(=O)Cn1c(=NC(=O)CC)sc2cccc(F)c21. The second-order valence-corrected chi connectivity index (χ2v) is 5.23. The highest BCUT2D eigenvalue weighted by Gasteiger charge is 2.14. The Morgan fingerprint density at radius 1 is 1.38 bits per heavy atom. The summed E-state index contributed by atoms with van der Waals surface area (Å²) in [6, 6.07) is 4.61. The zero-order chi connectivity index (χ0) is 15.4. The molecule has 1 amide bonds. The van der Waals surface area contributed by atoms with Gasteiger partial charge in [-0.3, -0.25) is 9.59 Å². The van der Waals surface area contributed by atoms with E-state index in [1.165, 1.54) is 22.0 Å². The lowest BCUT2D eigenvalue weighted by molar-refractivity contribution is -0.143. The number of esters is 1. The molecule has 7 heteroatoms. The number of carbonyl (C=O) groups excluding carboxylic acids is 2. The standard InChI is InChI=1S/C14H15FN2O3S/c1-3-11(18)16-14-17(8-12(19)20-4-2)13-9(15)6-5-7-10(13)21-14/h5-7H,3-4,8H2,1-2H3. The molecule has 0 bridgehead atoms. The van der Waals surface area contributed by atoms with E-state index in [2.05, 4.69) is 4.99 Å². The average Bonchev–Trinajstić information content (AvgIpc) is 2.78. The number of para-hydroxylation sites is 1. The first kappa shape index (κ1) is 15.4. The van der Waals surface area contributed by atoms with Gasteiger partial charge >= 0.3 is 5.97 Å². The van der Waals surface area contributed by atoms with Gasteiger partial charge < -0.3 is 9.30 Å². The van der Waals surface area contributed by atoms with Crippen LogP contribution in [0.1, 0.15) is 20.3 Å². The molecule has 0 fully saturated rings. The van der Waals surface area contributed by atoms with Crippen molar-refractivity contribution in [3.63, 3.8) is 0 Å². The van der Waals surface area contributed by atoms with E-state index in [0.717, 1.165) is 0 Å². The molecule has 0 N–H and O–H groups in total. The average molecular weight is 310 g/mol. The Labute approximate surface area is 124 Å². The van der Waals surface area contributed by atoms with Gasteiger partial charge in [-0.05, 0) is 19.1 Å². The van der Waals surface area contributed by atoms with E-state index in [-0.39, 0.29) is 31.0 Å². The van der Waals surface area contributed by atoms with E-state index in [1.54, 1.807) is 26.0 Å². The van der Waals surface area contributed by atoms with E-state index >= 15 is 0 Å². The second-order valence-electron chi connectivity index (χ2n) is 4.22. The van der Waals surface area contributed by atoms with Gasteiger partial charge in [-0.25, -0.2) is 4.39 Å². The molecule has 0 saturated carbocycles. The molecule has 0 aliphatic rings. The third kappa shape index (κ3) is 3.36. The minimum atomic E-state index is -0.495. The fourth-order valence-electron chi connectivity index (χ4n) is 1.84. The highest BCUT2D eigenvalue weighted by atomic mass is 32.1. The van der Waals surface area contributed by atoms with Crippen LogP contribution in [0.5, 0.6) is 0 Å². The van der Waals surface area contributed by atoms with Gasteiger partial charge in [0, 0.05) is 6.42 Å². The Morgan fingerprint density at radius 3 is 2.81 bits per heavy atom. The summed E-state index contributed by atoms with van der Waals surface area (Å²) in [6.45, 7) is 3.45. The zero-order valence-corrected chi connectivity index (χ0v) is 12.6. The van der Waals surface area contributed by atoms with Crippen LogP contribution in [-0.2, 0) is 20.9 Å². The number of hydrogen-bond acceptors (Lipinski definition) is 4. The summed E-state index contributed by atoms with van der Waals surface area (Å²) in [4.78, 5) is 27.4. The summed E-state index contributed by atoms with van der Waals surface area (Å²) in [5, 5.41) is 0. The van der Waals surface area contributed by atoms with Crippen molar-refractivity contribution in [3.05, 3.63) is 28.8 Å². The van der Waals surface area contributed by atoms with Crippen molar-refractivity contribution in [1.82, 2.24) is 4.57 Å². The molecule has 0 aliphatic carbocycles. The van der Waals surface area contributed by atoms with Crippen molar-refractivity contribution in [3.8, 4) is 0 Å².